The van der Waals surface area contributed by atoms with Crippen molar-refractivity contribution in [2.24, 2.45) is 0 Å². The number of carbonyl (C=O) groups excluding carboxylic acids is 2. The Morgan fingerprint density at radius 3 is 2.38 bits per heavy atom. The number of nitrogens with zero attached hydrogens (tertiary/aromatic N) is 1. The Balaban J connectivity index is 2.20. The summed E-state index contributed by atoms with van der Waals surface area (Å²) < 4.78 is 5.36. The number of carboxylic acids is 1. The van der Waals surface area contributed by atoms with Gasteiger partial charge in [-0.3, -0.25) is 14.4 Å². The van der Waals surface area contributed by atoms with E-state index in [1.807, 2.05) is 0 Å². The van der Waals surface area contributed by atoms with Gasteiger partial charge in [0, 0.05) is 22.7 Å². The minimum Gasteiger partial charge on any atom is -0.507 e. The molecule has 2 N–H and O–H groups in total. The summed E-state index contributed by atoms with van der Waals surface area (Å²) in [7, 11) is 1.45. The molecule has 7 nitrogen and oxygen atoms in total. The third-order valence-electron chi connectivity index (χ3n) is 4.66. The monoisotopic (exact) mass is 415 g/mol. The number of amides is 1. The van der Waals surface area contributed by atoms with E-state index >= 15 is 0 Å². The molecule has 8 heteroatoms. The van der Waals surface area contributed by atoms with Crippen LogP contribution in [0.1, 0.15) is 23.6 Å². The second-order valence-corrected chi connectivity index (χ2v) is 6.82. The van der Waals surface area contributed by atoms with E-state index in [1.54, 1.807) is 36.4 Å². The molecule has 1 aliphatic heterocycles. The number of likely N-dealkylation sites (tertiary alicyclic amines) is 1. The van der Waals surface area contributed by atoms with Crippen molar-refractivity contribution in [2.45, 2.75) is 12.5 Å². The first-order valence-electron chi connectivity index (χ1n) is 8.74. The maximum Gasteiger partial charge on any atom is 0.305 e. The predicted molar refractivity (Wildman–Crippen MR) is 106 cm³/mol. The molecular formula is C21H18ClNO6. The van der Waals surface area contributed by atoms with Crippen LogP contribution < -0.4 is 4.74 Å². The molecule has 1 atom stereocenters. The van der Waals surface area contributed by atoms with Gasteiger partial charge in [-0.15, -0.1) is 0 Å². The Bertz CT molecular complexity index is 998. The lowest BCUT2D eigenvalue weighted by Crippen LogP contribution is -2.32. The number of rotatable bonds is 6. The van der Waals surface area contributed by atoms with Crippen molar-refractivity contribution in [1.82, 2.24) is 4.90 Å². The highest BCUT2D eigenvalue weighted by Crippen LogP contribution is 2.42. The van der Waals surface area contributed by atoms with Crippen molar-refractivity contribution in [3.63, 3.8) is 0 Å². The van der Waals surface area contributed by atoms with Crippen molar-refractivity contribution < 1.29 is 29.3 Å². The van der Waals surface area contributed by atoms with Crippen molar-refractivity contribution in [1.29, 1.82) is 0 Å². The fourth-order valence-electron chi connectivity index (χ4n) is 3.31. The van der Waals surface area contributed by atoms with Gasteiger partial charge in [0.25, 0.3) is 11.7 Å². The van der Waals surface area contributed by atoms with E-state index in [0.29, 0.717) is 21.9 Å². The summed E-state index contributed by atoms with van der Waals surface area (Å²) in [4.78, 5) is 37.7. The highest BCUT2D eigenvalue weighted by molar-refractivity contribution is 6.46. The van der Waals surface area contributed by atoms with Gasteiger partial charge >= 0.3 is 5.97 Å². The Labute approximate surface area is 171 Å². The van der Waals surface area contributed by atoms with E-state index in [9.17, 15) is 19.5 Å². The van der Waals surface area contributed by atoms with Crippen molar-refractivity contribution in [2.75, 3.05) is 13.7 Å². The molecule has 1 aliphatic rings. The maximum atomic E-state index is 12.8. The molecule has 29 heavy (non-hydrogen) atoms. The lowest BCUT2D eigenvalue weighted by Gasteiger charge is -2.26. The molecule has 1 heterocycles. The molecule has 0 spiro atoms. The number of aliphatic hydroxyl groups is 1. The van der Waals surface area contributed by atoms with Gasteiger partial charge in [-0.05, 0) is 30.3 Å². The molecule has 0 saturated carbocycles. The van der Waals surface area contributed by atoms with Gasteiger partial charge in [0.2, 0.25) is 0 Å². The van der Waals surface area contributed by atoms with Gasteiger partial charge < -0.3 is 19.8 Å². The summed E-state index contributed by atoms with van der Waals surface area (Å²) in [6.45, 7) is -0.194. The van der Waals surface area contributed by atoms with Crippen LogP contribution in [-0.4, -0.2) is 46.4 Å². The summed E-state index contributed by atoms with van der Waals surface area (Å²) in [5.74, 6) is -2.84. The van der Waals surface area contributed by atoms with Gasteiger partial charge in [0.1, 0.15) is 11.5 Å². The topological polar surface area (TPSA) is 104 Å². The summed E-state index contributed by atoms with van der Waals surface area (Å²) in [5, 5.41) is 20.4. The predicted octanol–water partition coefficient (Wildman–Crippen LogP) is 3.25. The average Bonchev–Trinajstić information content (AvgIpc) is 2.96. The Morgan fingerprint density at radius 2 is 1.76 bits per heavy atom. The fraction of sp³-hybridized carbons (Fsp3) is 0.190. The largest absolute Gasteiger partial charge is 0.507 e. The van der Waals surface area contributed by atoms with Gasteiger partial charge in [-0.25, -0.2) is 0 Å². The zero-order valence-corrected chi connectivity index (χ0v) is 16.2. The van der Waals surface area contributed by atoms with Gasteiger partial charge in [0.15, 0.2) is 0 Å². The smallest absolute Gasteiger partial charge is 0.305 e. The van der Waals surface area contributed by atoms with Crippen molar-refractivity contribution >= 4 is 35.0 Å². The number of aliphatic hydroxyl groups excluding tert-OH is 1. The van der Waals surface area contributed by atoms with Crippen LogP contribution in [-0.2, 0) is 14.4 Å². The standard InChI is InChI=1S/C21H18ClNO6/c1-29-15-5-3-2-4-14(15)18-17(19(26)12-6-8-13(22)9-7-12)20(27)21(28)23(18)11-10-16(24)25/h2-9,18,26H,10-11H2,1H3,(H,24,25)/b19-17-. The van der Waals surface area contributed by atoms with Crippen LogP contribution in [0.5, 0.6) is 5.75 Å². The number of carbonyl (C=O) groups is 3. The van der Waals surface area contributed by atoms with E-state index in [4.69, 9.17) is 21.4 Å². The van der Waals surface area contributed by atoms with E-state index in [-0.39, 0.29) is 24.3 Å². The third-order valence-corrected chi connectivity index (χ3v) is 4.91. The number of Topliss-reactive ketones (excluding diaryl/α,β-unsaturated/α-hetero) is 1. The number of halogens is 1. The third kappa shape index (κ3) is 3.95. The summed E-state index contributed by atoms with van der Waals surface area (Å²) in [5.41, 5.74) is 0.646. The second-order valence-electron chi connectivity index (χ2n) is 6.39. The van der Waals surface area contributed by atoms with Crippen molar-refractivity contribution in [3.8, 4) is 5.75 Å². The molecule has 3 rings (SSSR count). The first-order chi connectivity index (χ1) is 13.8. The Kier molecular flexibility index (Phi) is 5.89. The average molecular weight is 416 g/mol. The van der Waals surface area contributed by atoms with Gasteiger partial charge in [-0.1, -0.05) is 29.8 Å². The fourth-order valence-corrected chi connectivity index (χ4v) is 3.43. The quantitative estimate of drug-likeness (QED) is 0.426. The highest BCUT2D eigenvalue weighted by atomic mass is 35.5. The molecule has 1 unspecified atom stereocenters. The van der Waals surface area contributed by atoms with E-state index in [1.165, 1.54) is 19.2 Å². The highest BCUT2D eigenvalue weighted by Gasteiger charge is 2.47. The zero-order chi connectivity index (χ0) is 21.1. The number of ether oxygens (including phenoxy) is 1. The van der Waals surface area contributed by atoms with E-state index in [0.717, 1.165) is 4.90 Å². The Hall–Kier alpha value is -3.32. The molecule has 1 fully saturated rings. The lowest BCUT2D eigenvalue weighted by molar-refractivity contribution is -0.142. The molecular weight excluding hydrogens is 398 g/mol. The number of hydrogen-bond donors (Lipinski definition) is 2. The van der Waals surface area contributed by atoms with E-state index < -0.39 is 23.7 Å². The number of aliphatic carboxylic acids is 1. The SMILES string of the molecule is COc1ccccc1C1/C(=C(/O)c2ccc(Cl)cc2)C(=O)C(=O)N1CCC(=O)O. The summed E-state index contributed by atoms with van der Waals surface area (Å²) >= 11 is 5.89. The molecule has 2 aromatic carbocycles. The Morgan fingerprint density at radius 1 is 1.10 bits per heavy atom. The van der Waals surface area contributed by atoms with Crippen LogP contribution in [0.15, 0.2) is 54.1 Å². The molecule has 0 bridgehead atoms. The van der Waals surface area contributed by atoms with Crippen LogP contribution in [0.25, 0.3) is 5.76 Å². The molecule has 0 aromatic heterocycles. The molecule has 1 amide bonds. The normalized spacial score (nSPS) is 18.1. The van der Waals surface area contributed by atoms with Gasteiger partial charge in [-0.2, -0.15) is 0 Å². The maximum absolute atomic E-state index is 12.8. The number of para-hydroxylation sites is 1. The molecule has 0 radical (unpaired) electrons. The lowest BCUT2D eigenvalue weighted by atomic mass is 9.94. The number of hydrogen-bond acceptors (Lipinski definition) is 5. The minimum absolute atomic E-state index is 0.132. The summed E-state index contributed by atoms with van der Waals surface area (Å²) in [6, 6.07) is 11.9. The first kappa shape index (κ1) is 20.4. The minimum atomic E-state index is -1.11. The molecule has 2 aromatic rings. The van der Waals surface area contributed by atoms with Crippen LogP contribution in [0, 0.1) is 0 Å². The first-order valence-corrected chi connectivity index (χ1v) is 9.12. The second kappa shape index (κ2) is 8.36. The number of ketones is 1. The van der Waals surface area contributed by atoms with Crippen LogP contribution in [0.3, 0.4) is 0 Å². The van der Waals surface area contributed by atoms with Crippen LogP contribution in [0.4, 0.5) is 0 Å². The van der Waals surface area contributed by atoms with Crippen LogP contribution in [0.2, 0.25) is 5.02 Å². The van der Waals surface area contributed by atoms with Crippen LogP contribution >= 0.6 is 11.6 Å². The van der Waals surface area contributed by atoms with Gasteiger partial charge in [0.05, 0.1) is 25.1 Å². The zero-order valence-electron chi connectivity index (χ0n) is 15.5. The number of carboxylic acid groups (broad SMARTS) is 1. The molecule has 1 saturated heterocycles. The number of benzene rings is 2. The molecule has 150 valence electrons. The van der Waals surface area contributed by atoms with E-state index in [2.05, 4.69) is 0 Å². The number of methoxy groups -OCH3 is 1. The summed E-state index contributed by atoms with van der Waals surface area (Å²) in [6.07, 6.45) is -0.348. The molecule has 0 aliphatic carbocycles. The van der Waals surface area contributed by atoms with Crippen molar-refractivity contribution in [3.05, 3.63) is 70.3 Å².